The Morgan fingerprint density at radius 1 is 1.17 bits per heavy atom. The maximum Gasteiger partial charge on any atom is 0.317 e. The number of hydrogen-bond donors (Lipinski definition) is 2. The Labute approximate surface area is 235 Å². The number of aliphatic hydroxyl groups is 1. The average Bonchev–Trinajstić information content (AvgIpc) is 3.22. The van der Waals surface area contributed by atoms with Gasteiger partial charge in [-0.05, 0) is 73.7 Å². The molecule has 4 heterocycles. The van der Waals surface area contributed by atoms with Gasteiger partial charge in [0.05, 0.1) is 16.8 Å². The van der Waals surface area contributed by atoms with Crippen LogP contribution in [0.4, 0.5) is 13.2 Å². The highest BCUT2D eigenvalue weighted by molar-refractivity contribution is 6.01. The number of rotatable bonds is 6. The number of hydrogen-bond acceptors (Lipinski definition) is 7. The van der Waals surface area contributed by atoms with Gasteiger partial charge in [0.25, 0.3) is 0 Å². The van der Waals surface area contributed by atoms with Crippen molar-refractivity contribution in [3.63, 3.8) is 0 Å². The smallest absolute Gasteiger partial charge is 0.317 e. The summed E-state index contributed by atoms with van der Waals surface area (Å²) in [6.07, 6.45) is 3.46. The number of halogens is 3. The van der Waals surface area contributed by atoms with Crippen LogP contribution in [0.15, 0.2) is 30.5 Å². The van der Waals surface area contributed by atoms with Gasteiger partial charge in [-0.1, -0.05) is 13.0 Å². The molecule has 1 saturated carbocycles. The zero-order chi connectivity index (χ0) is 28.7. The van der Waals surface area contributed by atoms with Crippen LogP contribution in [0.3, 0.4) is 0 Å². The van der Waals surface area contributed by atoms with E-state index >= 15 is 4.39 Å². The van der Waals surface area contributed by atoms with Gasteiger partial charge in [0.1, 0.15) is 35.6 Å². The maximum absolute atomic E-state index is 16.5. The number of nitrogens with zero attached hydrogens (tertiary/aromatic N) is 4. The molecule has 2 saturated heterocycles. The molecular weight excluding hydrogens is 533 g/mol. The molecule has 7 rings (SSSR count). The molecule has 0 amide bonds. The van der Waals surface area contributed by atoms with Crippen molar-refractivity contribution in [1.29, 1.82) is 0 Å². The molecule has 2 aromatic carbocycles. The third-order valence-electron chi connectivity index (χ3n) is 9.22. The lowest BCUT2D eigenvalue weighted by Crippen LogP contribution is -2.43. The summed E-state index contributed by atoms with van der Waals surface area (Å²) < 4.78 is 51.7. The number of phenols is 1. The van der Waals surface area contributed by atoms with Gasteiger partial charge in [0, 0.05) is 36.0 Å². The number of pyridine rings is 1. The lowest BCUT2D eigenvalue weighted by Gasteiger charge is -2.30. The minimum atomic E-state index is -1.00. The van der Waals surface area contributed by atoms with E-state index in [9.17, 15) is 19.0 Å². The molecule has 0 spiro atoms. The second-order valence-electron chi connectivity index (χ2n) is 12.0. The summed E-state index contributed by atoms with van der Waals surface area (Å²) in [5, 5.41) is 22.5. The molecule has 2 aliphatic heterocycles. The van der Waals surface area contributed by atoms with E-state index in [0.717, 1.165) is 19.4 Å². The largest absolute Gasteiger partial charge is 0.508 e. The monoisotopic (exact) mass is 564 g/mol. The molecule has 1 aliphatic carbocycles. The normalized spacial score (nSPS) is 27.6. The van der Waals surface area contributed by atoms with E-state index in [0.29, 0.717) is 53.2 Å². The lowest BCUT2D eigenvalue weighted by atomic mass is 9.94. The van der Waals surface area contributed by atoms with Crippen LogP contribution in [0.25, 0.3) is 32.9 Å². The van der Waals surface area contributed by atoms with Gasteiger partial charge in [-0.25, -0.2) is 13.2 Å². The fourth-order valence-electron chi connectivity index (χ4n) is 7.00. The van der Waals surface area contributed by atoms with Gasteiger partial charge in [-0.2, -0.15) is 9.97 Å². The number of alkyl halides is 1. The quantitative estimate of drug-likeness (QED) is 0.316. The molecule has 0 radical (unpaired) electrons. The van der Waals surface area contributed by atoms with E-state index in [1.54, 1.807) is 13.0 Å². The molecular formula is C31H31F3N4O3. The van der Waals surface area contributed by atoms with Crippen molar-refractivity contribution in [3.05, 3.63) is 53.4 Å². The molecule has 4 aromatic rings. The summed E-state index contributed by atoms with van der Waals surface area (Å²) in [5.74, 6) is -1.65. The summed E-state index contributed by atoms with van der Waals surface area (Å²) in [6.45, 7) is 4.86. The highest BCUT2D eigenvalue weighted by Gasteiger charge is 2.52. The van der Waals surface area contributed by atoms with E-state index in [1.807, 2.05) is 6.92 Å². The Kier molecular flexibility index (Phi) is 5.96. The lowest BCUT2D eigenvalue weighted by molar-refractivity contribution is 0.107. The van der Waals surface area contributed by atoms with Crippen LogP contribution in [-0.2, 0) is 6.42 Å². The topological polar surface area (TPSA) is 91.6 Å². The summed E-state index contributed by atoms with van der Waals surface area (Å²) >= 11 is 0. The number of aromatic hydroxyl groups is 1. The molecule has 0 bridgehead atoms. The Morgan fingerprint density at radius 3 is 2.73 bits per heavy atom. The predicted octanol–water partition coefficient (Wildman–Crippen LogP) is 5.58. The maximum atomic E-state index is 16.5. The number of phenolic OH excluding ortho intramolecular Hbond substituents is 1. The number of benzene rings is 2. The van der Waals surface area contributed by atoms with E-state index in [-0.39, 0.29) is 41.1 Å². The third kappa shape index (κ3) is 4.22. The van der Waals surface area contributed by atoms with Gasteiger partial charge in [0.15, 0.2) is 5.82 Å². The minimum absolute atomic E-state index is 0.0424. The minimum Gasteiger partial charge on any atom is -0.508 e. The third-order valence-corrected chi connectivity index (χ3v) is 9.22. The summed E-state index contributed by atoms with van der Waals surface area (Å²) in [7, 11) is 0. The SMILES string of the molecule is CCc1c(F)ccc2cc(O)cc(-c3ncc4c(C5C[C@@]5(C)O)nc(OC[C@@]56CCCN5C[C@H](F)C6)nc4c3F)c12. The Bertz CT molecular complexity index is 1710. The first-order valence-corrected chi connectivity index (χ1v) is 14.1. The van der Waals surface area contributed by atoms with Gasteiger partial charge < -0.3 is 14.9 Å². The van der Waals surface area contributed by atoms with Crippen molar-refractivity contribution >= 4 is 21.7 Å². The van der Waals surface area contributed by atoms with Crippen molar-refractivity contribution in [2.45, 2.75) is 69.2 Å². The van der Waals surface area contributed by atoms with E-state index < -0.39 is 28.9 Å². The highest BCUT2D eigenvalue weighted by atomic mass is 19.1. The first-order valence-electron chi connectivity index (χ1n) is 14.1. The molecule has 214 valence electrons. The summed E-state index contributed by atoms with van der Waals surface area (Å²) in [6, 6.07) is 5.72. The van der Waals surface area contributed by atoms with Crippen molar-refractivity contribution in [2.24, 2.45) is 0 Å². The number of aryl methyl sites for hydroxylation is 1. The standard InChI is InChI=1S/C31H31F3N4O3/c1-3-19-23(33)6-5-16-9-18(39)10-20(24(16)19)27-25(34)28-21(13-35-27)26(22-12-30(22,2)40)36-29(37-28)41-15-31-7-4-8-38(31)14-17(32)11-31/h5-6,9-10,13,17,22,39-40H,3-4,7-8,11-12,14-15H2,1-2H3/t17-,22?,30-,31+/m1/s1. The first-order chi connectivity index (χ1) is 19.6. The highest BCUT2D eigenvalue weighted by Crippen LogP contribution is 2.52. The molecule has 7 nitrogen and oxygen atoms in total. The predicted molar refractivity (Wildman–Crippen MR) is 148 cm³/mol. The second kappa shape index (κ2) is 9.25. The molecule has 1 unspecified atom stereocenters. The van der Waals surface area contributed by atoms with Crippen molar-refractivity contribution in [3.8, 4) is 23.0 Å². The van der Waals surface area contributed by atoms with Gasteiger partial charge in [-0.3, -0.25) is 9.88 Å². The zero-order valence-electron chi connectivity index (χ0n) is 22.9. The number of ether oxygens (including phenoxy) is 1. The Morgan fingerprint density at radius 2 is 1.98 bits per heavy atom. The second-order valence-corrected chi connectivity index (χ2v) is 12.0. The van der Waals surface area contributed by atoms with Gasteiger partial charge >= 0.3 is 6.01 Å². The molecule has 4 atom stereocenters. The zero-order valence-corrected chi connectivity index (χ0v) is 22.9. The van der Waals surface area contributed by atoms with Crippen LogP contribution in [0.5, 0.6) is 11.8 Å². The van der Waals surface area contributed by atoms with E-state index in [1.165, 1.54) is 24.4 Å². The molecule has 3 aliphatic rings. The van der Waals surface area contributed by atoms with Crippen LogP contribution in [0, 0.1) is 11.6 Å². The van der Waals surface area contributed by atoms with E-state index in [4.69, 9.17) is 4.74 Å². The van der Waals surface area contributed by atoms with Crippen LogP contribution in [0.2, 0.25) is 0 Å². The van der Waals surface area contributed by atoms with E-state index in [2.05, 4.69) is 19.9 Å². The van der Waals surface area contributed by atoms with Crippen LogP contribution in [0.1, 0.15) is 56.7 Å². The number of fused-ring (bicyclic) bond motifs is 3. The summed E-state index contributed by atoms with van der Waals surface area (Å²) in [5.41, 5.74) is -0.499. The fourth-order valence-corrected chi connectivity index (χ4v) is 7.00. The van der Waals surface area contributed by atoms with Crippen LogP contribution < -0.4 is 4.74 Å². The van der Waals surface area contributed by atoms with Gasteiger partial charge in [0.2, 0.25) is 0 Å². The molecule has 10 heteroatoms. The first kappa shape index (κ1) is 26.4. The van der Waals surface area contributed by atoms with Crippen molar-refractivity contribution in [2.75, 3.05) is 19.7 Å². The molecule has 41 heavy (non-hydrogen) atoms. The average molecular weight is 565 g/mol. The van der Waals surface area contributed by atoms with Gasteiger partial charge in [-0.15, -0.1) is 0 Å². The Balaban J connectivity index is 1.37. The molecule has 2 N–H and O–H groups in total. The number of aromatic nitrogens is 3. The fraction of sp³-hybridized carbons (Fsp3) is 0.452. The van der Waals surface area contributed by atoms with Crippen molar-refractivity contribution in [1.82, 2.24) is 19.9 Å². The van der Waals surface area contributed by atoms with Crippen molar-refractivity contribution < 1.29 is 28.1 Å². The molecule has 2 aromatic heterocycles. The van der Waals surface area contributed by atoms with Crippen LogP contribution in [-0.4, -0.2) is 67.1 Å². The van der Waals surface area contributed by atoms with Crippen LogP contribution >= 0.6 is 0 Å². The molecule has 3 fully saturated rings. The Hall–Kier alpha value is -3.50. The summed E-state index contributed by atoms with van der Waals surface area (Å²) in [4.78, 5) is 15.6.